The van der Waals surface area contributed by atoms with Gasteiger partial charge in [0.05, 0.1) is 7.11 Å². The van der Waals surface area contributed by atoms with Crippen molar-refractivity contribution in [3.05, 3.63) is 88.2 Å². The summed E-state index contributed by atoms with van der Waals surface area (Å²) in [5, 5.41) is 23.0. The Morgan fingerprint density at radius 1 is 1.06 bits per heavy atom. The van der Waals surface area contributed by atoms with Gasteiger partial charge in [0, 0.05) is 23.0 Å². The number of fused-ring (bicyclic) bond motifs is 3. The predicted molar refractivity (Wildman–Crippen MR) is 122 cm³/mol. The Kier molecular flexibility index (Phi) is 6.83. The summed E-state index contributed by atoms with van der Waals surface area (Å²) in [6.45, 7) is -0.264. The Balaban J connectivity index is 1.37. The van der Waals surface area contributed by atoms with Crippen molar-refractivity contribution >= 4 is 17.7 Å². The molecule has 3 aromatic rings. The van der Waals surface area contributed by atoms with Gasteiger partial charge in [0.2, 0.25) is 0 Å². The molecule has 172 valence electrons. The number of rotatable bonds is 7. The first-order chi connectivity index (χ1) is 15.9. The second kappa shape index (κ2) is 9.79. The highest BCUT2D eigenvalue weighted by Gasteiger charge is 2.30. The van der Waals surface area contributed by atoms with Gasteiger partial charge in [-0.05, 0) is 34.4 Å². The molecular formula is C25H23ClFNO5. The number of aliphatic hydroxyl groups excluding tert-OH is 2. The average molecular weight is 472 g/mol. The molecule has 6 nitrogen and oxygen atoms in total. The molecule has 3 aromatic carbocycles. The zero-order chi connectivity index (χ0) is 23.5. The number of alkyl carbamates (subject to hydrolysis) is 1. The number of nitrogens with one attached hydrogen (secondary N) is 1. The largest absolute Gasteiger partial charge is 0.494 e. The Hall–Kier alpha value is -3.13. The van der Waals surface area contributed by atoms with E-state index >= 15 is 0 Å². The highest BCUT2D eigenvalue weighted by atomic mass is 35.5. The van der Waals surface area contributed by atoms with E-state index in [2.05, 4.69) is 5.32 Å². The summed E-state index contributed by atoms with van der Waals surface area (Å²) in [5.41, 5.74) is 4.06. The summed E-state index contributed by atoms with van der Waals surface area (Å²) in [4.78, 5) is 12.3. The lowest BCUT2D eigenvalue weighted by Gasteiger charge is -2.21. The van der Waals surface area contributed by atoms with E-state index in [1.165, 1.54) is 19.2 Å². The van der Waals surface area contributed by atoms with Crippen LogP contribution in [-0.2, 0) is 4.74 Å². The number of hydrogen-bond acceptors (Lipinski definition) is 5. The standard InChI is InChI=1S/C25H23ClFNO5/c1-32-21-11-10-19(26)22(23(21)27)24(30)20(29)12-28-25(31)33-13-18-16-8-4-2-6-14(16)15-7-3-5-9-17(15)18/h2-11,18,20,24,29-30H,12-13H2,1H3,(H,28,31). The molecule has 3 N–H and O–H groups in total. The number of hydrogen-bond donors (Lipinski definition) is 3. The van der Waals surface area contributed by atoms with Crippen molar-refractivity contribution < 1.29 is 28.9 Å². The van der Waals surface area contributed by atoms with E-state index in [4.69, 9.17) is 21.1 Å². The minimum Gasteiger partial charge on any atom is -0.494 e. The molecule has 2 unspecified atom stereocenters. The van der Waals surface area contributed by atoms with Crippen LogP contribution in [-0.4, -0.2) is 42.7 Å². The maximum absolute atomic E-state index is 14.5. The summed E-state index contributed by atoms with van der Waals surface area (Å²) >= 11 is 5.99. The van der Waals surface area contributed by atoms with Crippen molar-refractivity contribution in [3.8, 4) is 16.9 Å². The third kappa shape index (κ3) is 4.53. The molecule has 0 bridgehead atoms. The van der Waals surface area contributed by atoms with E-state index in [1.54, 1.807) is 0 Å². The lowest BCUT2D eigenvalue weighted by Crippen LogP contribution is -2.36. The molecule has 1 aliphatic carbocycles. The lowest BCUT2D eigenvalue weighted by molar-refractivity contribution is 0.0164. The fraction of sp³-hybridized carbons (Fsp3) is 0.240. The number of methoxy groups -OCH3 is 1. The van der Waals surface area contributed by atoms with E-state index in [9.17, 15) is 19.4 Å². The number of ether oxygens (including phenoxy) is 2. The Bertz CT molecular complexity index is 1130. The number of carbonyl (C=O) groups is 1. The summed E-state index contributed by atoms with van der Waals surface area (Å²) < 4.78 is 24.8. The molecule has 0 aliphatic heterocycles. The second-order valence-corrected chi connectivity index (χ2v) is 8.10. The Morgan fingerprint density at radius 2 is 1.67 bits per heavy atom. The zero-order valence-electron chi connectivity index (χ0n) is 17.8. The van der Waals surface area contributed by atoms with Gasteiger partial charge in [-0.15, -0.1) is 0 Å². The van der Waals surface area contributed by atoms with Gasteiger partial charge >= 0.3 is 6.09 Å². The SMILES string of the molecule is COc1ccc(Cl)c(C(O)C(O)CNC(=O)OCC2c3ccccc3-c3ccccc32)c1F. The van der Waals surface area contributed by atoms with Crippen LogP contribution in [0.4, 0.5) is 9.18 Å². The number of carbonyl (C=O) groups excluding carboxylic acids is 1. The minimum atomic E-state index is -1.68. The molecule has 0 radical (unpaired) electrons. The van der Waals surface area contributed by atoms with Crippen LogP contribution in [0.3, 0.4) is 0 Å². The van der Waals surface area contributed by atoms with Crippen LogP contribution in [0.5, 0.6) is 5.75 Å². The fourth-order valence-corrected chi connectivity index (χ4v) is 4.38. The van der Waals surface area contributed by atoms with Gasteiger partial charge in [-0.3, -0.25) is 0 Å². The lowest BCUT2D eigenvalue weighted by atomic mass is 9.98. The minimum absolute atomic E-state index is 0.0685. The van der Waals surface area contributed by atoms with Gasteiger partial charge < -0.3 is 25.0 Å². The van der Waals surface area contributed by atoms with Gasteiger partial charge in [0.15, 0.2) is 11.6 Å². The zero-order valence-corrected chi connectivity index (χ0v) is 18.6. The molecular weight excluding hydrogens is 449 g/mol. The molecule has 8 heteroatoms. The first-order valence-electron chi connectivity index (χ1n) is 10.4. The van der Waals surface area contributed by atoms with Crippen LogP contribution in [0.15, 0.2) is 60.7 Å². The molecule has 0 saturated carbocycles. The average Bonchev–Trinajstić information content (AvgIpc) is 3.15. The molecule has 1 aliphatic rings. The molecule has 4 rings (SSSR count). The van der Waals surface area contributed by atoms with Gasteiger partial charge in [0.1, 0.15) is 18.8 Å². The number of aliphatic hydroxyl groups is 2. The molecule has 0 saturated heterocycles. The normalized spacial score (nSPS) is 14.2. The smallest absolute Gasteiger partial charge is 0.407 e. The van der Waals surface area contributed by atoms with Crippen molar-refractivity contribution in [3.63, 3.8) is 0 Å². The molecule has 0 heterocycles. The first kappa shape index (κ1) is 23.0. The van der Waals surface area contributed by atoms with Crippen LogP contribution in [0.1, 0.15) is 28.7 Å². The van der Waals surface area contributed by atoms with Crippen molar-refractivity contribution in [1.82, 2.24) is 5.32 Å². The molecule has 1 amide bonds. The quantitative estimate of drug-likeness (QED) is 0.474. The summed E-state index contributed by atoms with van der Waals surface area (Å²) in [6.07, 6.45) is -3.97. The van der Waals surface area contributed by atoms with Crippen molar-refractivity contribution in [1.29, 1.82) is 0 Å². The van der Waals surface area contributed by atoms with E-state index in [0.29, 0.717) is 0 Å². The Morgan fingerprint density at radius 3 is 2.27 bits per heavy atom. The predicted octanol–water partition coefficient (Wildman–Crippen LogP) is 4.42. The molecule has 0 fully saturated rings. The van der Waals surface area contributed by atoms with Crippen LogP contribution in [0, 0.1) is 5.82 Å². The number of amides is 1. The maximum atomic E-state index is 14.5. The number of halogens is 2. The van der Waals surface area contributed by atoms with Crippen LogP contribution < -0.4 is 10.1 Å². The van der Waals surface area contributed by atoms with E-state index in [0.717, 1.165) is 22.3 Å². The summed E-state index contributed by atoms with van der Waals surface area (Å²) in [7, 11) is 1.28. The molecule has 0 aromatic heterocycles. The highest BCUT2D eigenvalue weighted by Crippen LogP contribution is 2.44. The van der Waals surface area contributed by atoms with Crippen LogP contribution >= 0.6 is 11.6 Å². The van der Waals surface area contributed by atoms with E-state index < -0.39 is 24.1 Å². The number of benzene rings is 3. The second-order valence-electron chi connectivity index (χ2n) is 7.70. The topological polar surface area (TPSA) is 88.0 Å². The maximum Gasteiger partial charge on any atom is 0.407 e. The van der Waals surface area contributed by atoms with Gasteiger partial charge in [-0.1, -0.05) is 60.1 Å². The van der Waals surface area contributed by atoms with E-state index in [-0.39, 0.29) is 35.4 Å². The fourth-order valence-electron chi connectivity index (χ4n) is 4.12. The monoisotopic (exact) mass is 471 g/mol. The summed E-state index contributed by atoms with van der Waals surface area (Å²) in [6, 6.07) is 18.6. The first-order valence-corrected chi connectivity index (χ1v) is 10.8. The van der Waals surface area contributed by atoms with Crippen molar-refractivity contribution in [2.75, 3.05) is 20.3 Å². The summed E-state index contributed by atoms with van der Waals surface area (Å²) in [5.74, 6) is -1.11. The molecule has 33 heavy (non-hydrogen) atoms. The van der Waals surface area contributed by atoms with Gasteiger partial charge in [-0.25, -0.2) is 9.18 Å². The third-order valence-electron chi connectivity index (χ3n) is 5.77. The highest BCUT2D eigenvalue weighted by molar-refractivity contribution is 6.31. The Labute approximate surface area is 195 Å². The van der Waals surface area contributed by atoms with Crippen molar-refractivity contribution in [2.24, 2.45) is 0 Å². The van der Waals surface area contributed by atoms with Crippen LogP contribution in [0.25, 0.3) is 11.1 Å². The molecule has 2 atom stereocenters. The third-order valence-corrected chi connectivity index (χ3v) is 6.10. The molecule has 0 spiro atoms. The van der Waals surface area contributed by atoms with Gasteiger partial charge in [-0.2, -0.15) is 0 Å². The van der Waals surface area contributed by atoms with Gasteiger partial charge in [0.25, 0.3) is 0 Å². The van der Waals surface area contributed by atoms with Crippen LogP contribution in [0.2, 0.25) is 5.02 Å². The van der Waals surface area contributed by atoms with Crippen molar-refractivity contribution in [2.45, 2.75) is 18.1 Å². The van der Waals surface area contributed by atoms with E-state index in [1.807, 2.05) is 48.5 Å².